The highest BCUT2D eigenvalue weighted by Crippen LogP contribution is 2.27. The first-order valence-corrected chi connectivity index (χ1v) is 8.26. The summed E-state index contributed by atoms with van der Waals surface area (Å²) in [5, 5.41) is 0. The molecule has 1 aromatic carbocycles. The minimum Gasteiger partial charge on any atom is -0.378 e. The molecule has 20 heavy (non-hydrogen) atoms. The molecule has 2 rings (SSSR count). The number of ether oxygens (including phenoxy) is 1. The minimum atomic E-state index is 0.323. The average molecular weight is 341 g/mol. The van der Waals surface area contributed by atoms with E-state index in [9.17, 15) is 0 Å². The summed E-state index contributed by atoms with van der Waals surface area (Å²) in [6, 6.07) is 6.88. The Kier molecular flexibility index (Phi) is 6.02. The van der Waals surface area contributed by atoms with Crippen molar-refractivity contribution in [2.24, 2.45) is 5.73 Å². The van der Waals surface area contributed by atoms with Gasteiger partial charge in [0.25, 0.3) is 0 Å². The van der Waals surface area contributed by atoms with Crippen LogP contribution in [0.5, 0.6) is 0 Å². The molecule has 1 aliphatic heterocycles. The summed E-state index contributed by atoms with van der Waals surface area (Å²) in [6.45, 7) is 7.82. The average Bonchev–Trinajstić information content (AvgIpc) is 2.46. The second-order valence-electron chi connectivity index (χ2n) is 5.45. The molecule has 1 heterocycles. The van der Waals surface area contributed by atoms with E-state index < -0.39 is 0 Å². The van der Waals surface area contributed by atoms with Gasteiger partial charge in [0.05, 0.1) is 6.10 Å². The lowest BCUT2D eigenvalue weighted by atomic mass is 9.99. The van der Waals surface area contributed by atoms with Crippen LogP contribution in [0.25, 0.3) is 0 Å². The van der Waals surface area contributed by atoms with Crippen LogP contribution in [0.2, 0.25) is 0 Å². The number of hydrogen-bond donors (Lipinski definition) is 1. The second kappa shape index (κ2) is 7.55. The largest absolute Gasteiger partial charge is 0.378 e. The minimum absolute atomic E-state index is 0.323. The monoisotopic (exact) mass is 340 g/mol. The van der Waals surface area contributed by atoms with Gasteiger partial charge >= 0.3 is 0 Å². The quantitative estimate of drug-likeness (QED) is 0.893. The Morgan fingerprint density at radius 2 is 2.10 bits per heavy atom. The lowest BCUT2D eigenvalue weighted by molar-refractivity contribution is 0.00451. The normalized spacial score (nSPS) is 19.2. The van der Waals surface area contributed by atoms with Crippen molar-refractivity contribution in [3.05, 3.63) is 33.8 Å². The van der Waals surface area contributed by atoms with Crippen molar-refractivity contribution < 1.29 is 4.74 Å². The van der Waals surface area contributed by atoms with Crippen LogP contribution in [-0.4, -0.2) is 37.2 Å². The van der Waals surface area contributed by atoms with E-state index in [1.807, 2.05) is 0 Å². The van der Waals surface area contributed by atoms with E-state index in [2.05, 4.69) is 52.9 Å². The number of benzene rings is 1. The highest BCUT2D eigenvalue weighted by atomic mass is 79.9. The van der Waals surface area contributed by atoms with Gasteiger partial charge in [-0.1, -0.05) is 28.1 Å². The fraction of sp³-hybridized carbons (Fsp3) is 0.625. The summed E-state index contributed by atoms with van der Waals surface area (Å²) in [5.41, 5.74) is 8.62. The van der Waals surface area contributed by atoms with E-state index in [1.54, 1.807) is 0 Å². The van der Waals surface area contributed by atoms with Gasteiger partial charge in [-0.3, -0.25) is 4.90 Å². The van der Waals surface area contributed by atoms with E-state index in [4.69, 9.17) is 10.5 Å². The molecular formula is C16H25BrN2O. The Morgan fingerprint density at radius 3 is 2.65 bits per heavy atom. The zero-order chi connectivity index (χ0) is 14.5. The van der Waals surface area contributed by atoms with Crippen molar-refractivity contribution in [2.75, 3.05) is 26.2 Å². The first-order chi connectivity index (χ1) is 9.65. The summed E-state index contributed by atoms with van der Waals surface area (Å²) in [5.74, 6) is 0. The predicted molar refractivity (Wildman–Crippen MR) is 86.9 cm³/mol. The molecule has 4 heteroatoms. The zero-order valence-electron chi connectivity index (χ0n) is 12.4. The molecule has 0 saturated carbocycles. The molecule has 0 aromatic heterocycles. The number of nitrogens with two attached hydrogens (primary N) is 1. The molecule has 1 aromatic rings. The maximum absolute atomic E-state index is 6.03. The van der Waals surface area contributed by atoms with Crippen LogP contribution in [0.4, 0.5) is 0 Å². The third kappa shape index (κ3) is 3.82. The van der Waals surface area contributed by atoms with E-state index in [1.165, 1.54) is 11.1 Å². The van der Waals surface area contributed by atoms with Crippen LogP contribution in [0.15, 0.2) is 22.7 Å². The number of piperidine rings is 1. The van der Waals surface area contributed by atoms with Gasteiger partial charge in [0, 0.05) is 36.8 Å². The van der Waals surface area contributed by atoms with Gasteiger partial charge in [0.15, 0.2) is 0 Å². The van der Waals surface area contributed by atoms with Crippen molar-refractivity contribution in [2.45, 2.75) is 38.8 Å². The van der Waals surface area contributed by atoms with Crippen molar-refractivity contribution in [1.82, 2.24) is 4.90 Å². The molecule has 1 saturated heterocycles. The molecule has 1 unspecified atom stereocenters. The number of halogens is 1. The number of likely N-dealkylation sites (tertiary alicyclic amines) is 1. The molecule has 1 atom stereocenters. The topological polar surface area (TPSA) is 38.5 Å². The Hall–Kier alpha value is -0.420. The molecule has 0 aliphatic carbocycles. The predicted octanol–water partition coefficient (Wildman–Crippen LogP) is 3.26. The molecule has 3 nitrogen and oxygen atoms in total. The summed E-state index contributed by atoms with van der Waals surface area (Å²) in [6.07, 6.45) is 2.65. The first kappa shape index (κ1) is 16.0. The molecule has 1 aliphatic rings. The van der Waals surface area contributed by atoms with Crippen LogP contribution < -0.4 is 5.73 Å². The molecule has 112 valence electrons. The Balaban J connectivity index is 2.03. The smallest absolute Gasteiger partial charge is 0.0599 e. The van der Waals surface area contributed by atoms with Gasteiger partial charge < -0.3 is 10.5 Å². The molecule has 0 bridgehead atoms. The molecule has 1 fully saturated rings. The maximum atomic E-state index is 6.03. The summed E-state index contributed by atoms with van der Waals surface area (Å²) in [7, 11) is 0. The zero-order valence-corrected chi connectivity index (χ0v) is 14.0. The number of nitrogens with zero attached hydrogens (tertiary/aromatic N) is 1. The van der Waals surface area contributed by atoms with Gasteiger partial charge in [0.1, 0.15) is 0 Å². The standard InChI is InChI=1S/C16H25BrN2O/c1-3-20-14-6-8-19(9-7-14)16(11-18)13-4-5-15(17)12(2)10-13/h4-5,10,14,16H,3,6-9,11,18H2,1-2H3. The van der Waals surface area contributed by atoms with E-state index in [0.29, 0.717) is 18.7 Å². The first-order valence-electron chi connectivity index (χ1n) is 7.47. The fourth-order valence-corrected chi connectivity index (χ4v) is 3.21. The molecule has 0 radical (unpaired) electrons. The van der Waals surface area contributed by atoms with Crippen molar-refractivity contribution in [3.63, 3.8) is 0 Å². The summed E-state index contributed by atoms with van der Waals surface area (Å²) < 4.78 is 6.88. The highest BCUT2D eigenvalue weighted by Gasteiger charge is 2.25. The van der Waals surface area contributed by atoms with Crippen LogP contribution in [0, 0.1) is 6.92 Å². The second-order valence-corrected chi connectivity index (χ2v) is 6.31. The Labute approximate surface area is 130 Å². The molecular weight excluding hydrogens is 316 g/mol. The van der Waals surface area contributed by atoms with Gasteiger partial charge in [-0.25, -0.2) is 0 Å². The van der Waals surface area contributed by atoms with Crippen LogP contribution in [0.1, 0.15) is 36.9 Å². The third-order valence-electron chi connectivity index (χ3n) is 4.11. The van der Waals surface area contributed by atoms with Crippen molar-refractivity contribution in [1.29, 1.82) is 0 Å². The van der Waals surface area contributed by atoms with Crippen molar-refractivity contribution in [3.8, 4) is 0 Å². The van der Waals surface area contributed by atoms with E-state index >= 15 is 0 Å². The van der Waals surface area contributed by atoms with Gasteiger partial charge in [-0.15, -0.1) is 0 Å². The van der Waals surface area contributed by atoms with E-state index in [-0.39, 0.29) is 0 Å². The summed E-state index contributed by atoms with van der Waals surface area (Å²) in [4.78, 5) is 2.50. The van der Waals surface area contributed by atoms with Crippen LogP contribution in [-0.2, 0) is 4.74 Å². The molecule has 0 spiro atoms. The lowest BCUT2D eigenvalue weighted by Gasteiger charge is -2.37. The maximum Gasteiger partial charge on any atom is 0.0599 e. The number of hydrogen-bond acceptors (Lipinski definition) is 3. The third-order valence-corrected chi connectivity index (χ3v) is 5.00. The van der Waals surface area contributed by atoms with Crippen molar-refractivity contribution >= 4 is 15.9 Å². The van der Waals surface area contributed by atoms with E-state index in [0.717, 1.165) is 37.0 Å². The van der Waals surface area contributed by atoms with Gasteiger partial charge in [0.2, 0.25) is 0 Å². The molecule has 0 amide bonds. The van der Waals surface area contributed by atoms with Gasteiger partial charge in [-0.2, -0.15) is 0 Å². The van der Waals surface area contributed by atoms with Crippen LogP contribution >= 0.6 is 15.9 Å². The van der Waals surface area contributed by atoms with Gasteiger partial charge in [-0.05, 0) is 43.9 Å². The number of rotatable bonds is 5. The SMILES string of the molecule is CCOC1CCN(C(CN)c2ccc(Br)c(C)c2)CC1. The summed E-state index contributed by atoms with van der Waals surface area (Å²) >= 11 is 3.56. The lowest BCUT2D eigenvalue weighted by Crippen LogP contribution is -2.41. The molecule has 2 N–H and O–H groups in total. The highest BCUT2D eigenvalue weighted by molar-refractivity contribution is 9.10. The number of aryl methyl sites for hydroxylation is 1. The fourth-order valence-electron chi connectivity index (χ4n) is 2.96. The van der Waals surface area contributed by atoms with Crippen LogP contribution in [0.3, 0.4) is 0 Å². The Morgan fingerprint density at radius 1 is 1.40 bits per heavy atom. The Bertz CT molecular complexity index is 430.